The molecule has 2 aromatic heterocycles. The molecule has 1 aromatic carbocycles. The number of pyridine rings is 1. The van der Waals surface area contributed by atoms with Crippen molar-refractivity contribution >= 4 is 17.5 Å². The van der Waals surface area contributed by atoms with Crippen LogP contribution in [0.4, 0.5) is 30.6 Å². The first kappa shape index (κ1) is 19.4. The predicted molar refractivity (Wildman–Crippen MR) is 99.5 cm³/mol. The Morgan fingerprint density at radius 3 is 2.46 bits per heavy atom. The van der Waals surface area contributed by atoms with E-state index in [9.17, 15) is 13.2 Å². The SMILES string of the molecule is Cc1nc(NCc2ccccn2)nc(Nc2ccccc2OC(F)(F)F)c1C. The zero-order chi connectivity index (χ0) is 20.1. The van der Waals surface area contributed by atoms with Gasteiger partial charge in [0.15, 0.2) is 5.75 Å². The molecular formula is C19H18F3N5O. The number of nitrogens with one attached hydrogen (secondary N) is 2. The van der Waals surface area contributed by atoms with E-state index in [-0.39, 0.29) is 11.4 Å². The molecule has 0 aliphatic rings. The van der Waals surface area contributed by atoms with Crippen molar-refractivity contribution in [2.45, 2.75) is 26.8 Å². The summed E-state index contributed by atoms with van der Waals surface area (Å²) >= 11 is 0. The number of hydrogen-bond acceptors (Lipinski definition) is 6. The Morgan fingerprint density at radius 2 is 1.75 bits per heavy atom. The number of anilines is 3. The number of rotatable bonds is 6. The van der Waals surface area contributed by atoms with Crippen LogP contribution < -0.4 is 15.4 Å². The molecule has 28 heavy (non-hydrogen) atoms. The van der Waals surface area contributed by atoms with Gasteiger partial charge in [0.2, 0.25) is 5.95 Å². The van der Waals surface area contributed by atoms with E-state index in [0.717, 1.165) is 5.69 Å². The molecule has 146 valence electrons. The van der Waals surface area contributed by atoms with E-state index in [0.29, 0.717) is 29.6 Å². The van der Waals surface area contributed by atoms with Crippen molar-refractivity contribution in [3.05, 3.63) is 65.6 Å². The molecule has 0 saturated carbocycles. The summed E-state index contributed by atoms with van der Waals surface area (Å²) in [6, 6.07) is 11.3. The lowest BCUT2D eigenvalue weighted by atomic mass is 10.2. The van der Waals surface area contributed by atoms with Crippen LogP contribution >= 0.6 is 0 Å². The second-order valence-electron chi connectivity index (χ2n) is 5.95. The number of nitrogens with zero attached hydrogens (tertiary/aromatic N) is 3. The van der Waals surface area contributed by atoms with E-state index in [1.165, 1.54) is 18.2 Å². The highest BCUT2D eigenvalue weighted by molar-refractivity contribution is 5.67. The van der Waals surface area contributed by atoms with Gasteiger partial charge < -0.3 is 15.4 Å². The Bertz CT molecular complexity index is 948. The molecule has 6 nitrogen and oxygen atoms in total. The van der Waals surface area contributed by atoms with Crippen LogP contribution in [0.25, 0.3) is 0 Å². The summed E-state index contributed by atoms with van der Waals surface area (Å²) in [7, 11) is 0. The Kier molecular flexibility index (Phi) is 5.62. The van der Waals surface area contributed by atoms with E-state index < -0.39 is 6.36 Å². The maximum atomic E-state index is 12.6. The van der Waals surface area contributed by atoms with E-state index >= 15 is 0 Å². The van der Waals surface area contributed by atoms with Crippen LogP contribution in [0.5, 0.6) is 5.75 Å². The van der Waals surface area contributed by atoms with Gasteiger partial charge in [-0.1, -0.05) is 18.2 Å². The Labute approximate surface area is 159 Å². The number of aryl methyl sites for hydroxylation is 1. The van der Waals surface area contributed by atoms with Crippen molar-refractivity contribution in [2.75, 3.05) is 10.6 Å². The highest BCUT2D eigenvalue weighted by Gasteiger charge is 2.32. The zero-order valence-electron chi connectivity index (χ0n) is 15.2. The van der Waals surface area contributed by atoms with Crippen LogP contribution in [0, 0.1) is 13.8 Å². The van der Waals surface area contributed by atoms with Crippen molar-refractivity contribution in [3.8, 4) is 5.75 Å². The molecule has 0 aliphatic carbocycles. The van der Waals surface area contributed by atoms with E-state index in [2.05, 4.69) is 30.3 Å². The first-order valence-electron chi connectivity index (χ1n) is 8.42. The monoisotopic (exact) mass is 389 g/mol. The smallest absolute Gasteiger partial charge is 0.404 e. The average molecular weight is 389 g/mol. The molecule has 0 saturated heterocycles. The first-order valence-corrected chi connectivity index (χ1v) is 8.42. The molecular weight excluding hydrogens is 371 g/mol. The second-order valence-corrected chi connectivity index (χ2v) is 5.95. The van der Waals surface area contributed by atoms with Gasteiger partial charge in [-0.2, -0.15) is 4.98 Å². The van der Waals surface area contributed by atoms with Crippen LogP contribution in [0.1, 0.15) is 17.0 Å². The van der Waals surface area contributed by atoms with Gasteiger partial charge in [-0.25, -0.2) is 4.98 Å². The summed E-state index contributed by atoms with van der Waals surface area (Å²) < 4.78 is 42.0. The lowest BCUT2D eigenvalue weighted by Gasteiger charge is -2.16. The predicted octanol–water partition coefficient (Wildman–Crippen LogP) is 4.74. The molecule has 0 radical (unpaired) electrons. The molecule has 0 aliphatic heterocycles. The van der Waals surface area contributed by atoms with Gasteiger partial charge in [0, 0.05) is 17.5 Å². The van der Waals surface area contributed by atoms with Gasteiger partial charge in [0.1, 0.15) is 5.82 Å². The third-order valence-electron chi connectivity index (χ3n) is 3.91. The molecule has 0 atom stereocenters. The number of hydrogen-bond donors (Lipinski definition) is 2. The fraction of sp³-hybridized carbons (Fsp3) is 0.211. The number of benzene rings is 1. The fourth-order valence-corrected chi connectivity index (χ4v) is 2.41. The third kappa shape index (κ3) is 5.09. The summed E-state index contributed by atoms with van der Waals surface area (Å²) in [6.07, 6.45) is -3.10. The van der Waals surface area contributed by atoms with Crippen LogP contribution in [0.3, 0.4) is 0 Å². The van der Waals surface area contributed by atoms with Gasteiger partial charge in [-0.3, -0.25) is 4.98 Å². The van der Waals surface area contributed by atoms with Crippen molar-refractivity contribution < 1.29 is 17.9 Å². The number of halogens is 3. The first-order chi connectivity index (χ1) is 13.3. The van der Waals surface area contributed by atoms with Crippen LogP contribution in [0.15, 0.2) is 48.7 Å². The number of alkyl halides is 3. The van der Waals surface area contributed by atoms with Crippen molar-refractivity contribution in [1.29, 1.82) is 0 Å². The minimum Gasteiger partial charge on any atom is -0.404 e. The lowest BCUT2D eigenvalue weighted by molar-refractivity contribution is -0.274. The van der Waals surface area contributed by atoms with Crippen LogP contribution in [-0.2, 0) is 6.54 Å². The zero-order valence-corrected chi connectivity index (χ0v) is 15.2. The molecule has 9 heteroatoms. The van der Waals surface area contributed by atoms with E-state index in [4.69, 9.17) is 0 Å². The second kappa shape index (κ2) is 8.12. The van der Waals surface area contributed by atoms with Gasteiger partial charge in [-0.05, 0) is 38.1 Å². The third-order valence-corrected chi connectivity index (χ3v) is 3.91. The summed E-state index contributed by atoms with van der Waals surface area (Å²) in [6.45, 7) is 4.00. The topological polar surface area (TPSA) is 72.0 Å². The van der Waals surface area contributed by atoms with E-state index in [1.807, 2.05) is 18.2 Å². The van der Waals surface area contributed by atoms with Crippen molar-refractivity contribution in [1.82, 2.24) is 15.0 Å². The standard InChI is InChI=1S/C19H18F3N5O/c1-12-13(2)25-18(24-11-14-7-5-6-10-23-14)27-17(12)26-15-8-3-4-9-16(15)28-19(20,21)22/h3-10H,11H2,1-2H3,(H2,24,25,26,27). The number of aromatic nitrogens is 3. The lowest BCUT2D eigenvalue weighted by Crippen LogP contribution is -2.18. The summed E-state index contributed by atoms with van der Waals surface area (Å²) in [5.41, 5.74) is 2.36. The Balaban J connectivity index is 1.83. The molecule has 0 bridgehead atoms. The molecule has 3 rings (SSSR count). The largest absolute Gasteiger partial charge is 0.573 e. The maximum Gasteiger partial charge on any atom is 0.573 e. The highest BCUT2D eigenvalue weighted by atomic mass is 19.4. The summed E-state index contributed by atoms with van der Waals surface area (Å²) in [5, 5.41) is 5.98. The minimum absolute atomic E-state index is 0.150. The fourth-order valence-electron chi connectivity index (χ4n) is 2.41. The Morgan fingerprint density at radius 1 is 1.00 bits per heavy atom. The van der Waals surface area contributed by atoms with E-state index in [1.54, 1.807) is 26.1 Å². The Hall–Kier alpha value is -3.36. The molecule has 2 N–H and O–H groups in total. The van der Waals surface area contributed by atoms with Gasteiger partial charge in [0.25, 0.3) is 0 Å². The molecule has 0 spiro atoms. The minimum atomic E-state index is -4.79. The van der Waals surface area contributed by atoms with Crippen molar-refractivity contribution in [3.63, 3.8) is 0 Å². The van der Waals surface area contributed by atoms with Crippen LogP contribution in [-0.4, -0.2) is 21.3 Å². The molecule has 0 amide bonds. The normalized spacial score (nSPS) is 11.2. The summed E-state index contributed by atoms with van der Waals surface area (Å²) in [5.74, 6) is 0.383. The molecule has 2 heterocycles. The average Bonchev–Trinajstić information content (AvgIpc) is 2.65. The van der Waals surface area contributed by atoms with Crippen LogP contribution in [0.2, 0.25) is 0 Å². The van der Waals surface area contributed by atoms with Gasteiger partial charge in [0.05, 0.1) is 17.9 Å². The van der Waals surface area contributed by atoms with Gasteiger partial charge >= 0.3 is 6.36 Å². The molecule has 0 unspecified atom stereocenters. The summed E-state index contributed by atoms with van der Waals surface area (Å²) in [4.78, 5) is 13.0. The highest BCUT2D eigenvalue weighted by Crippen LogP contribution is 2.32. The van der Waals surface area contributed by atoms with Gasteiger partial charge in [-0.15, -0.1) is 13.2 Å². The quantitative estimate of drug-likeness (QED) is 0.634. The van der Waals surface area contributed by atoms with Crippen molar-refractivity contribution in [2.24, 2.45) is 0 Å². The maximum absolute atomic E-state index is 12.6. The number of para-hydroxylation sites is 2. The molecule has 0 fully saturated rings. The number of ether oxygens (including phenoxy) is 1. The molecule has 3 aromatic rings.